The molecular formula is C14H31N3O2S. The number of sulfonamides is 1. The smallest absolute Gasteiger partial charge is 0.213 e. The fourth-order valence-electron chi connectivity index (χ4n) is 2.67. The van der Waals surface area contributed by atoms with Crippen molar-refractivity contribution in [2.24, 2.45) is 0 Å². The van der Waals surface area contributed by atoms with Crippen molar-refractivity contribution in [2.75, 3.05) is 53.6 Å². The molecule has 0 aromatic heterocycles. The minimum atomic E-state index is -3.04. The first-order valence-corrected chi connectivity index (χ1v) is 9.23. The maximum atomic E-state index is 11.7. The van der Waals surface area contributed by atoms with Crippen LogP contribution in [0.5, 0.6) is 0 Å². The molecule has 0 aliphatic heterocycles. The predicted molar refractivity (Wildman–Crippen MR) is 84.5 cm³/mol. The van der Waals surface area contributed by atoms with Gasteiger partial charge in [0, 0.05) is 33.2 Å². The Morgan fingerprint density at radius 1 is 0.950 bits per heavy atom. The second kappa shape index (κ2) is 8.32. The highest BCUT2D eigenvalue weighted by Crippen LogP contribution is 2.21. The van der Waals surface area contributed by atoms with Crippen molar-refractivity contribution in [1.29, 1.82) is 0 Å². The molecule has 1 rings (SSSR count). The molecule has 0 aromatic rings. The highest BCUT2D eigenvalue weighted by molar-refractivity contribution is 7.89. The maximum absolute atomic E-state index is 11.7. The largest absolute Gasteiger partial charge is 0.305 e. The molecule has 1 saturated carbocycles. The molecule has 1 aliphatic rings. The van der Waals surface area contributed by atoms with E-state index >= 15 is 0 Å². The molecule has 0 atom stereocenters. The summed E-state index contributed by atoms with van der Waals surface area (Å²) in [4.78, 5) is 4.69. The molecule has 20 heavy (non-hydrogen) atoms. The first-order chi connectivity index (χ1) is 9.33. The minimum Gasteiger partial charge on any atom is -0.305 e. The Morgan fingerprint density at radius 3 is 2.10 bits per heavy atom. The SMILES string of the molecule is CN(CCCS(=O)(=O)N(C)C)CCN(C)C1CCCC1. The lowest BCUT2D eigenvalue weighted by atomic mass is 10.2. The molecule has 0 amide bonds. The van der Waals surface area contributed by atoms with Crippen molar-refractivity contribution < 1.29 is 8.42 Å². The van der Waals surface area contributed by atoms with Crippen LogP contribution >= 0.6 is 0 Å². The van der Waals surface area contributed by atoms with Crippen LogP contribution in [0.25, 0.3) is 0 Å². The first kappa shape index (κ1) is 17.9. The van der Waals surface area contributed by atoms with E-state index in [4.69, 9.17) is 0 Å². The average Bonchev–Trinajstić information content (AvgIpc) is 2.89. The molecule has 0 aromatic carbocycles. The fourth-order valence-corrected chi connectivity index (χ4v) is 3.53. The molecule has 0 unspecified atom stereocenters. The summed E-state index contributed by atoms with van der Waals surface area (Å²) in [6.45, 7) is 2.92. The van der Waals surface area contributed by atoms with E-state index < -0.39 is 10.0 Å². The lowest BCUT2D eigenvalue weighted by molar-refractivity contribution is 0.207. The summed E-state index contributed by atoms with van der Waals surface area (Å²) in [6, 6.07) is 0.762. The number of hydrogen-bond donors (Lipinski definition) is 0. The van der Waals surface area contributed by atoms with Crippen molar-refractivity contribution in [3.05, 3.63) is 0 Å². The normalized spacial score (nSPS) is 17.8. The van der Waals surface area contributed by atoms with Gasteiger partial charge < -0.3 is 9.80 Å². The van der Waals surface area contributed by atoms with Crippen LogP contribution in [-0.4, -0.2) is 82.1 Å². The van der Waals surface area contributed by atoms with Crippen LogP contribution in [0, 0.1) is 0 Å². The van der Waals surface area contributed by atoms with E-state index in [0.29, 0.717) is 6.42 Å². The van der Waals surface area contributed by atoms with Crippen LogP contribution in [0.1, 0.15) is 32.1 Å². The third-order valence-corrected chi connectivity index (χ3v) is 6.20. The number of rotatable bonds is 9. The Bertz CT molecular complexity index is 365. The molecule has 0 spiro atoms. The van der Waals surface area contributed by atoms with Gasteiger partial charge >= 0.3 is 0 Å². The van der Waals surface area contributed by atoms with Crippen LogP contribution in [0.4, 0.5) is 0 Å². The summed E-state index contributed by atoms with van der Waals surface area (Å²) in [5.74, 6) is 0.239. The molecule has 0 bridgehead atoms. The summed E-state index contributed by atoms with van der Waals surface area (Å²) in [5.41, 5.74) is 0. The van der Waals surface area contributed by atoms with Gasteiger partial charge in [0.2, 0.25) is 10.0 Å². The van der Waals surface area contributed by atoms with Crippen molar-refractivity contribution in [3.8, 4) is 0 Å². The molecule has 0 radical (unpaired) electrons. The zero-order chi connectivity index (χ0) is 15.2. The van der Waals surface area contributed by atoms with Gasteiger partial charge in [0.25, 0.3) is 0 Å². The third-order valence-electron chi connectivity index (χ3n) is 4.28. The summed E-state index contributed by atoms with van der Waals surface area (Å²) < 4.78 is 24.6. The molecule has 1 aliphatic carbocycles. The van der Waals surface area contributed by atoms with Gasteiger partial charge in [0.05, 0.1) is 5.75 Å². The van der Waals surface area contributed by atoms with E-state index in [1.807, 2.05) is 0 Å². The van der Waals surface area contributed by atoms with Gasteiger partial charge in [-0.2, -0.15) is 0 Å². The summed E-state index contributed by atoms with van der Waals surface area (Å²) in [6.07, 6.45) is 6.10. The van der Waals surface area contributed by atoms with E-state index in [9.17, 15) is 8.42 Å². The standard InChI is InChI=1S/C14H31N3O2S/c1-15(2)20(18,19)13-7-10-16(3)11-12-17(4)14-8-5-6-9-14/h14H,5-13H2,1-4H3. The van der Waals surface area contributed by atoms with Gasteiger partial charge in [-0.3, -0.25) is 0 Å². The summed E-state index contributed by atoms with van der Waals surface area (Å²) >= 11 is 0. The van der Waals surface area contributed by atoms with E-state index in [1.54, 1.807) is 14.1 Å². The lowest BCUT2D eigenvalue weighted by Gasteiger charge is -2.26. The van der Waals surface area contributed by atoms with Crippen molar-refractivity contribution in [3.63, 3.8) is 0 Å². The van der Waals surface area contributed by atoms with Gasteiger partial charge in [-0.25, -0.2) is 12.7 Å². The van der Waals surface area contributed by atoms with E-state index in [-0.39, 0.29) is 5.75 Å². The zero-order valence-electron chi connectivity index (χ0n) is 13.5. The van der Waals surface area contributed by atoms with Gasteiger partial charge in [-0.1, -0.05) is 12.8 Å². The highest BCUT2D eigenvalue weighted by atomic mass is 32.2. The van der Waals surface area contributed by atoms with E-state index in [1.165, 1.54) is 30.0 Å². The maximum Gasteiger partial charge on any atom is 0.213 e. The van der Waals surface area contributed by atoms with Gasteiger partial charge in [-0.15, -0.1) is 0 Å². The van der Waals surface area contributed by atoms with Crippen LogP contribution in [0.2, 0.25) is 0 Å². The minimum absolute atomic E-state index is 0.239. The van der Waals surface area contributed by atoms with Gasteiger partial charge in [0.15, 0.2) is 0 Å². The third kappa shape index (κ3) is 6.08. The van der Waals surface area contributed by atoms with Crippen LogP contribution in [-0.2, 0) is 10.0 Å². The van der Waals surface area contributed by atoms with Crippen molar-refractivity contribution in [1.82, 2.24) is 14.1 Å². The molecule has 6 heteroatoms. The fraction of sp³-hybridized carbons (Fsp3) is 1.00. The van der Waals surface area contributed by atoms with E-state index in [0.717, 1.165) is 25.7 Å². The zero-order valence-corrected chi connectivity index (χ0v) is 14.3. The first-order valence-electron chi connectivity index (χ1n) is 7.62. The molecular weight excluding hydrogens is 274 g/mol. The number of hydrogen-bond acceptors (Lipinski definition) is 4. The van der Waals surface area contributed by atoms with Gasteiger partial charge in [-0.05, 0) is 39.9 Å². The number of nitrogens with zero attached hydrogens (tertiary/aromatic N) is 3. The summed E-state index contributed by atoms with van der Waals surface area (Å²) in [7, 11) is 4.43. The molecule has 0 saturated heterocycles. The molecule has 0 heterocycles. The monoisotopic (exact) mass is 305 g/mol. The lowest BCUT2D eigenvalue weighted by Crippen LogP contribution is -2.37. The molecule has 120 valence electrons. The average molecular weight is 305 g/mol. The van der Waals surface area contributed by atoms with Crippen LogP contribution < -0.4 is 0 Å². The van der Waals surface area contributed by atoms with Gasteiger partial charge in [0.1, 0.15) is 0 Å². The Labute approximate surface area is 125 Å². The highest BCUT2D eigenvalue weighted by Gasteiger charge is 2.19. The Kier molecular flexibility index (Phi) is 7.43. The predicted octanol–water partition coefficient (Wildman–Crippen LogP) is 1.07. The Morgan fingerprint density at radius 2 is 1.55 bits per heavy atom. The van der Waals surface area contributed by atoms with Crippen molar-refractivity contribution >= 4 is 10.0 Å². The second-order valence-electron chi connectivity index (χ2n) is 6.17. The Balaban J connectivity index is 2.15. The molecule has 1 fully saturated rings. The topological polar surface area (TPSA) is 43.9 Å². The van der Waals surface area contributed by atoms with Crippen LogP contribution in [0.3, 0.4) is 0 Å². The van der Waals surface area contributed by atoms with Crippen molar-refractivity contribution in [2.45, 2.75) is 38.1 Å². The quantitative estimate of drug-likeness (QED) is 0.639. The van der Waals surface area contributed by atoms with E-state index in [2.05, 4.69) is 23.9 Å². The molecule has 5 nitrogen and oxygen atoms in total. The second-order valence-corrected chi connectivity index (χ2v) is 8.48. The number of likely N-dealkylation sites (N-methyl/N-ethyl adjacent to an activating group) is 2. The summed E-state index contributed by atoms with van der Waals surface area (Å²) in [5, 5.41) is 0. The molecule has 0 N–H and O–H groups in total. The van der Waals surface area contributed by atoms with Crippen LogP contribution in [0.15, 0.2) is 0 Å². The Hall–Kier alpha value is -0.170.